The smallest absolute Gasteiger partial charge is 0.336 e. The molecule has 0 bridgehead atoms. The number of hydrogen-bond donors (Lipinski definition) is 1. The normalized spacial score (nSPS) is 14.4. The van der Waals surface area contributed by atoms with E-state index in [0.29, 0.717) is 0 Å². The van der Waals surface area contributed by atoms with E-state index in [1.807, 2.05) is 0 Å². The van der Waals surface area contributed by atoms with Gasteiger partial charge in [0, 0.05) is 0 Å². The molecule has 0 saturated carbocycles. The lowest BCUT2D eigenvalue weighted by Gasteiger charge is -2.26. The molecule has 1 aromatic carbocycles. The molecule has 0 radical (unpaired) electrons. The van der Waals surface area contributed by atoms with Crippen LogP contribution in [-0.4, -0.2) is 27.6 Å². The molecular weight excluding hydrogens is 326 g/mol. The van der Waals surface area contributed by atoms with Crippen LogP contribution in [0.5, 0.6) is 0 Å². The Balaban J connectivity index is 3.33. The molecule has 7 heteroatoms. The summed E-state index contributed by atoms with van der Waals surface area (Å²) in [4.78, 5) is 11.8. The van der Waals surface area contributed by atoms with Crippen LogP contribution in [0.25, 0.3) is 5.76 Å². The minimum atomic E-state index is -2.22. The summed E-state index contributed by atoms with van der Waals surface area (Å²) in [7, 11) is 0. The average molecular weight is 339 g/mol. The van der Waals surface area contributed by atoms with Crippen molar-refractivity contribution in [3.63, 3.8) is 0 Å². The fraction of sp³-hybridized carbons (Fsp3) is 0.308. The molecule has 0 heterocycles. The Labute approximate surface area is 131 Å². The second-order valence-electron chi connectivity index (χ2n) is 3.77. The zero-order valence-corrected chi connectivity index (χ0v) is 12.7. The zero-order valence-electron chi connectivity index (χ0n) is 10.5. The van der Waals surface area contributed by atoms with Crippen molar-refractivity contribution in [2.75, 3.05) is 6.61 Å². The molecule has 0 aromatic heterocycles. The van der Waals surface area contributed by atoms with E-state index in [1.165, 1.54) is 12.1 Å². The first-order valence-corrected chi connectivity index (χ1v) is 6.81. The first kappa shape index (κ1) is 17.1. The number of rotatable bonds is 4. The van der Waals surface area contributed by atoms with E-state index in [4.69, 9.17) is 39.5 Å². The highest BCUT2D eigenvalue weighted by Crippen LogP contribution is 2.35. The van der Waals surface area contributed by atoms with Gasteiger partial charge in [0.2, 0.25) is 3.79 Å². The highest BCUT2D eigenvalue weighted by molar-refractivity contribution is 6.68. The van der Waals surface area contributed by atoms with Gasteiger partial charge in [0.15, 0.2) is 0 Å². The molecule has 110 valence electrons. The molecule has 0 aliphatic carbocycles. The third-order valence-electron chi connectivity index (χ3n) is 2.36. The Bertz CT molecular complexity index is 494. The maximum atomic E-state index is 12.3. The van der Waals surface area contributed by atoms with E-state index in [-0.39, 0.29) is 12.2 Å². The number of carbonyl (C=O) groups excluding carboxylic acids is 1. The number of aliphatic hydroxyl groups is 1. The largest absolute Gasteiger partial charge is 0.872 e. The number of alkyl halides is 3. The second-order valence-corrected chi connectivity index (χ2v) is 6.14. The van der Waals surface area contributed by atoms with Crippen LogP contribution in [0.1, 0.15) is 12.5 Å². The predicted octanol–water partition coefficient (Wildman–Crippen LogP) is 2.05. The quantitative estimate of drug-likeness (QED) is 0.395. The average Bonchev–Trinajstić information content (AvgIpc) is 2.39. The molecule has 1 N–H and O–H groups in total. The van der Waals surface area contributed by atoms with E-state index in [9.17, 15) is 15.0 Å². The van der Waals surface area contributed by atoms with Crippen molar-refractivity contribution in [1.82, 2.24) is 0 Å². The molecular formula is C13H12Cl3O4-. The van der Waals surface area contributed by atoms with Gasteiger partial charge in [0.1, 0.15) is 6.10 Å². The molecule has 1 rings (SSSR count). The Morgan fingerprint density at radius 1 is 1.35 bits per heavy atom. The summed E-state index contributed by atoms with van der Waals surface area (Å²) >= 11 is 16.7. The number of ether oxygens (including phenoxy) is 1. The van der Waals surface area contributed by atoms with Crippen LogP contribution in [0.4, 0.5) is 0 Å². The van der Waals surface area contributed by atoms with E-state index in [2.05, 4.69) is 0 Å². The molecule has 0 saturated heterocycles. The maximum absolute atomic E-state index is 12.3. The first-order chi connectivity index (χ1) is 9.29. The van der Waals surface area contributed by atoms with E-state index < -0.39 is 27.2 Å². The SMILES string of the molecule is CCOC(=O)/C(=C(\[O-])c1ccccc1)C(O)C(Cl)(Cl)Cl. The standard InChI is InChI=1S/C13H13Cl3O4/c1-2-20-12(19)9(11(18)13(14,15)16)10(17)8-6-4-3-5-7-8/h3-7,11,17-18H,2H2,1H3/p-1/b10-9-. The predicted molar refractivity (Wildman–Crippen MR) is 76.3 cm³/mol. The maximum Gasteiger partial charge on any atom is 0.336 e. The summed E-state index contributed by atoms with van der Waals surface area (Å²) in [5.74, 6) is -1.76. The molecule has 0 aliphatic heterocycles. The fourth-order valence-corrected chi connectivity index (χ4v) is 1.77. The van der Waals surface area contributed by atoms with Crippen molar-refractivity contribution in [2.24, 2.45) is 0 Å². The Morgan fingerprint density at radius 3 is 2.35 bits per heavy atom. The molecule has 0 spiro atoms. The topological polar surface area (TPSA) is 69.6 Å². The summed E-state index contributed by atoms with van der Waals surface area (Å²) in [6, 6.07) is 7.88. The van der Waals surface area contributed by atoms with E-state index >= 15 is 0 Å². The van der Waals surface area contributed by atoms with Gasteiger partial charge in [-0.25, -0.2) is 4.79 Å². The molecule has 0 amide bonds. The van der Waals surface area contributed by atoms with Gasteiger partial charge in [-0.2, -0.15) is 0 Å². The minimum Gasteiger partial charge on any atom is -0.872 e. The van der Waals surface area contributed by atoms with Crippen LogP contribution in [0.2, 0.25) is 0 Å². The lowest BCUT2D eigenvalue weighted by molar-refractivity contribution is -0.245. The van der Waals surface area contributed by atoms with Gasteiger partial charge in [-0.1, -0.05) is 70.9 Å². The number of benzene rings is 1. The number of carbonyl (C=O) groups is 1. The monoisotopic (exact) mass is 337 g/mol. The van der Waals surface area contributed by atoms with Gasteiger partial charge in [0.25, 0.3) is 0 Å². The summed E-state index contributed by atoms with van der Waals surface area (Å²) in [6.07, 6.45) is -1.89. The van der Waals surface area contributed by atoms with Crippen molar-refractivity contribution in [3.8, 4) is 0 Å². The highest BCUT2D eigenvalue weighted by atomic mass is 35.6. The van der Waals surface area contributed by atoms with Gasteiger partial charge < -0.3 is 14.9 Å². The van der Waals surface area contributed by atoms with Crippen molar-refractivity contribution < 1.29 is 19.7 Å². The summed E-state index contributed by atoms with van der Waals surface area (Å²) < 4.78 is 2.51. The molecule has 1 unspecified atom stereocenters. The number of hydrogen-bond acceptors (Lipinski definition) is 4. The van der Waals surface area contributed by atoms with Gasteiger partial charge in [0.05, 0.1) is 12.2 Å². The van der Waals surface area contributed by atoms with Crippen LogP contribution in [0.15, 0.2) is 35.9 Å². The molecule has 4 nitrogen and oxygen atoms in total. The fourth-order valence-electron chi connectivity index (χ4n) is 1.45. The van der Waals surface area contributed by atoms with E-state index in [1.54, 1.807) is 25.1 Å². The van der Waals surface area contributed by atoms with Crippen LogP contribution in [0, 0.1) is 0 Å². The lowest BCUT2D eigenvalue weighted by Crippen LogP contribution is -2.34. The van der Waals surface area contributed by atoms with Crippen molar-refractivity contribution in [2.45, 2.75) is 16.8 Å². The Kier molecular flexibility index (Phi) is 6.14. The van der Waals surface area contributed by atoms with Crippen molar-refractivity contribution >= 4 is 46.5 Å². The molecule has 1 aromatic rings. The van der Waals surface area contributed by atoms with Gasteiger partial charge in [-0.15, -0.1) is 0 Å². The van der Waals surface area contributed by atoms with Crippen LogP contribution < -0.4 is 5.11 Å². The zero-order chi connectivity index (χ0) is 15.3. The second kappa shape index (κ2) is 7.18. The third-order valence-corrected chi connectivity index (χ3v) is 2.98. The van der Waals surface area contributed by atoms with Gasteiger partial charge in [-0.3, -0.25) is 0 Å². The minimum absolute atomic E-state index is 0.0248. The summed E-state index contributed by atoms with van der Waals surface area (Å²) in [5, 5.41) is 22.2. The molecule has 1 atom stereocenters. The van der Waals surface area contributed by atoms with E-state index in [0.717, 1.165) is 0 Å². The molecule has 0 aliphatic rings. The van der Waals surface area contributed by atoms with Gasteiger partial charge >= 0.3 is 5.97 Å². The highest BCUT2D eigenvalue weighted by Gasteiger charge is 2.37. The molecule has 0 fully saturated rings. The molecule has 20 heavy (non-hydrogen) atoms. The van der Waals surface area contributed by atoms with Crippen LogP contribution >= 0.6 is 34.8 Å². The van der Waals surface area contributed by atoms with Gasteiger partial charge in [-0.05, 0) is 12.5 Å². The number of aliphatic hydroxyl groups excluding tert-OH is 1. The first-order valence-electron chi connectivity index (χ1n) is 5.67. The Morgan fingerprint density at radius 2 is 1.90 bits per heavy atom. The number of esters is 1. The van der Waals surface area contributed by atoms with Crippen LogP contribution in [-0.2, 0) is 9.53 Å². The summed E-state index contributed by atoms with van der Waals surface area (Å²) in [5.41, 5.74) is -0.429. The number of halogens is 3. The Hall–Kier alpha value is -0.940. The summed E-state index contributed by atoms with van der Waals surface area (Å²) in [6.45, 7) is 1.58. The third kappa shape index (κ3) is 4.28. The van der Waals surface area contributed by atoms with Crippen molar-refractivity contribution in [1.29, 1.82) is 0 Å². The lowest BCUT2D eigenvalue weighted by atomic mass is 10.0. The van der Waals surface area contributed by atoms with Crippen molar-refractivity contribution in [3.05, 3.63) is 41.5 Å². The van der Waals surface area contributed by atoms with Crippen LogP contribution in [0.3, 0.4) is 0 Å².